The maximum Gasteiger partial charge on any atom is 0.354 e. The number of carboxylic acid groups (broad SMARTS) is 1. The van der Waals surface area contributed by atoms with Crippen molar-refractivity contribution in [1.29, 1.82) is 0 Å². The van der Waals surface area contributed by atoms with Gasteiger partial charge in [-0.05, 0) is 19.9 Å². The van der Waals surface area contributed by atoms with Gasteiger partial charge in [0.15, 0.2) is 11.4 Å². The maximum absolute atomic E-state index is 10.8. The van der Waals surface area contributed by atoms with Crippen molar-refractivity contribution < 1.29 is 14.6 Å². The predicted molar refractivity (Wildman–Crippen MR) is 64.0 cm³/mol. The van der Waals surface area contributed by atoms with E-state index in [1.165, 1.54) is 12.3 Å². The molecule has 2 aromatic rings. The summed E-state index contributed by atoms with van der Waals surface area (Å²) in [4.78, 5) is 14.5. The number of nitrogens with zero attached hydrogens (tertiary/aromatic N) is 3. The number of hydrogen-bond donors (Lipinski definition) is 1. The Labute approximate surface area is 104 Å². The van der Waals surface area contributed by atoms with E-state index in [0.29, 0.717) is 11.5 Å². The van der Waals surface area contributed by atoms with Crippen molar-refractivity contribution in [3.8, 4) is 11.5 Å². The smallest absolute Gasteiger partial charge is 0.354 e. The van der Waals surface area contributed by atoms with Crippen molar-refractivity contribution in [3.63, 3.8) is 0 Å². The van der Waals surface area contributed by atoms with Crippen molar-refractivity contribution in [2.75, 3.05) is 0 Å². The first kappa shape index (κ1) is 12.1. The van der Waals surface area contributed by atoms with E-state index in [1.54, 1.807) is 10.7 Å². The van der Waals surface area contributed by atoms with E-state index in [0.717, 1.165) is 11.4 Å². The summed E-state index contributed by atoms with van der Waals surface area (Å²) in [7, 11) is 1.82. The van der Waals surface area contributed by atoms with Crippen LogP contribution >= 0.6 is 0 Å². The summed E-state index contributed by atoms with van der Waals surface area (Å²) in [6.45, 7) is 3.72. The number of aromatic nitrogens is 3. The molecule has 0 amide bonds. The minimum Gasteiger partial charge on any atom is -0.477 e. The van der Waals surface area contributed by atoms with Crippen LogP contribution in [0.1, 0.15) is 21.9 Å². The number of rotatable bonds is 3. The quantitative estimate of drug-likeness (QED) is 0.896. The molecule has 0 fully saturated rings. The van der Waals surface area contributed by atoms with Gasteiger partial charge in [-0.25, -0.2) is 9.78 Å². The highest BCUT2D eigenvalue weighted by atomic mass is 16.5. The van der Waals surface area contributed by atoms with Gasteiger partial charge in [-0.2, -0.15) is 5.10 Å². The molecular weight excluding hydrogens is 234 g/mol. The zero-order valence-corrected chi connectivity index (χ0v) is 10.3. The summed E-state index contributed by atoms with van der Waals surface area (Å²) in [6.07, 6.45) is 1.40. The summed E-state index contributed by atoms with van der Waals surface area (Å²) in [5.41, 5.74) is 1.58. The van der Waals surface area contributed by atoms with Gasteiger partial charge in [-0.3, -0.25) is 4.68 Å². The Hall–Kier alpha value is -2.37. The first-order valence-corrected chi connectivity index (χ1v) is 5.36. The van der Waals surface area contributed by atoms with Gasteiger partial charge in [0.25, 0.3) is 0 Å². The van der Waals surface area contributed by atoms with Crippen LogP contribution in [0.2, 0.25) is 0 Å². The Bertz CT molecular complexity index is 605. The average molecular weight is 247 g/mol. The first-order valence-electron chi connectivity index (χ1n) is 5.36. The van der Waals surface area contributed by atoms with Gasteiger partial charge in [0, 0.05) is 19.3 Å². The van der Waals surface area contributed by atoms with Gasteiger partial charge in [-0.1, -0.05) is 0 Å². The van der Waals surface area contributed by atoms with Crippen LogP contribution in [0.4, 0.5) is 0 Å². The molecule has 94 valence electrons. The minimum atomic E-state index is -1.08. The molecule has 18 heavy (non-hydrogen) atoms. The Balaban J connectivity index is 2.34. The summed E-state index contributed by atoms with van der Waals surface area (Å²) in [5.74, 6) is -0.0123. The molecule has 0 atom stereocenters. The lowest BCUT2D eigenvalue weighted by molar-refractivity contribution is 0.0690. The van der Waals surface area contributed by atoms with Gasteiger partial charge >= 0.3 is 5.97 Å². The third-order valence-electron chi connectivity index (χ3n) is 2.61. The molecule has 2 heterocycles. The fourth-order valence-electron chi connectivity index (χ4n) is 1.61. The standard InChI is InChI=1S/C12H13N3O3/c1-7-11(8(2)15(3)14-7)18-9-4-5-13-10(6-9)12(16)17/h4-6H,1-3H3,(H,16,17). The van der Waals surface area contributed by atoms with Crippen molar-refractivity contribution in [3.05, 3.63) is 35.4 Å². The third-order valence-corrected chi connectivity index (χ3v) is 2.61. The molecule has 0 unspecified atom stereocenters. The lowest BCUT2D eigenvalue weighted by Crippen LogP contribution is -2.00. The van der Waals surface area contributed by atoms with Crippen molar-refractivity contribution >= 4 is 5.97 Å². The second-order valence-electron chi connectivity index (χ2n) is 3.91. The summed E-state index contributed by atoms with van der Waals surface area (Å²) in [6, 6.07) is 2.99. The fraction of sp³-hybridized carbons (Fsp3) is 0.250. The Morgan fingerprint density at radius 1 is 1.44 bits per heavy atom. The molecule has 0 aliphatic carbocycles. The maximum atomic E-state index is 10.8. The molecule has 0 bridgehead atoms. The van der Waals surface area contributed by atoms with Gasteiger partial charge in [0.2, 0.25) is 0 Å². The Morgan fingerprint density at radius 2 is 2.17 bits per heavy atom. The second-order valence-corrected chi connectivity index (χ2v) is 3.91. The SMILES string of the molecule is Cc1nn(C)c(C)c1Oc1ccnc(C(=O)O)c1. The van der Waals surface area contributed by atoms with Crippen LogP contribution in [0.25, 0.3) is 0 Å². The van der Waals surface area contributed by atoms with Gasteiger partial charge in [0.1, 0.15) is 11.4 Å². The molecule has 2 rings (SSSR count). The van der Waals surface area contributed by atoms with E-state index < -0.39 is 5.97 Å². The highest BCUT2D eigenvalue weighted by Crippen LogP contribution is 2.27. The van der Waals surface area contributed by atoms with Crippen LogP contribution in [0.5, 0.6) is 11.5 Å². The van der Waals surface area contributed by atoms with Crippen LogP contribution in [0, 0.1) is 13.8 Å². The van der Waals surface area contributed by atoms with Gasteiger partial charge < -0.3 is 9.84 Å². The van der Waals surface area contributed by atoms with Crippen LogP contribution in [0.3, 0.4) is 0 Å². The predicted octanol–water partition coefficient (Wildman–Crippen LogP) is 1.92. The zero-order chi connectivity index (χ0) is 13.3. The Morgan fingerprint density at radius 3 is 2.72 bits per heavy atom. The largest absolute Gasteiger partial charge is 0.477 e. The minimum absolute atomic E-state index is 0.0494. The van der Waals surface area contributed by atoms with E-state index >= 15 is 0 Å². The highest BCUT2D eigenvalue weighted by molar-refractivity contribution is 5.85. The van der Waals surface area contributed by atoms with E-state index in [2.05, 4.69) is 10.1 Å². The second kappa shape index (κ2) is 4.48. The fourth-order valence-corrected chi connectivity index (χ4v) is 1.61. The number of pyridine rings is 1. The van der Waals surface area contributed by atoms with Crippen LogP contribution in [-0.4, -0.2) is 25.8 Å². The molecule has 0 spiro atoms. The first-order chi connectivity index (χ1) is 8.49. The van der Waals surface area contributed by atoms with Crippen LogP contribution in [-0.2, 0) is 7.05 Å². The normalized spacial score (nSPS) is 10.4. The number of carboxylic acids is 1. The molecule has 0 radical (unpaired) electrons. The molecule has 6 nitrogen and oxygen atoms in total. The zero-order valence-electron chi connectivity index (χ0n) is 10.3. The topological polar surface area (TPSA) is 77.2 Å². The molecule has 0 aliphatic rings. The number of ether oxygens (including phenoxy) is 1. The molecule has 0 aliphatic heterocycles. The highest BCUT2D eigenvalue weighted by Gasteiger charge is 2.13. The van der Waals surface area contributed by atoms with E-state index in [4.69, 9.17) is 9.84 Å². The number of carbonyl (C=O) groups is 1. The lowest BCUT2D eigenvalue weighted by atomic mass is 10.3. The van der Waals surface area contributed by atoms with E-state index in [9.17, 15) is 4.79 Å². The number of aryl methyl sites for hydroxylation is 2. The summed E-state index contributed by atoms with van der Waals surface area (Å²) in [5, 5.41) is 13.1. The molecule has 1 N–H and O–H groups in total. The van der Waals surface area contributed by atoms with E-state index in [-0.39, 0.29) is 5.69 Å². The van der Waals surface area contributed by atoms with Crippen LogP contribution < -0.4 is 4.74 Å². The third kappa shape index (κ3) is 2.17. The molecule has 2 aromatic heterocycles. The summed E-state index contributed by atoms with van der Waals surface area (Å²) < 4.78 is 7.38. The average Bonchev–Trinajstić information content (AvgIpc) is 2.56. The molecular formula is C12H13N3O3. The Kier molecular flexibility index (Phi) is 3.01. The van der Waals surface area contributed by atoms with Crippen LogP contribution in [0.15, 0.2) is 18.3 Å². The van der Waals surface area contributed by atoms with Crippen molar-refractivity contribution in [2.45, 2.75) is 13.8 Å². The lowest BCUT2D eigenvalue weighted by Gasteiger charge is -2.06. The number of hydrogen-bond acceptors (Lipinski definition) is 4. The number of aromatic carboxylic acids is 1. The molecule has 0 saturated heterocycles. The van der Waals surface area contributed by atoms with Gasteiger partial charge in [0.05, 0.1) is 5.69 Å². The molecule has 6 heteroatoms. The van der Waals surface area contributed by atoms with E-state index in [1.807, 2.05) is 20.9 Å². The van der Waals surface area contributed by atoms with Gasteiger partial charge in [-0.15, -0.1) is 0 Å². The van der Waals surface area contributed by atoms with Crippen molar-refractivity contribution in [1.82, 2.24) is 14.8 Å². The summed E-state index contributed by atoms with van der Waals surface area (Å²) >= 11 is 0. The molecule has 0 saturated carbocycles. The monoisotopic (exact) mass is 247 g/mol. The molecule has 0 aromatic carbocycles. The van der Waals surface area contributed by atoms with Crippen molar-refractivity contribution in [2.24, 2.45) is 7.05 Å².